The highest BCUT2D eigenvalue weighted by atomic mass is 16.5. The van der Waals surface area contributed by atoms with Crippen molar-refractivity contribution in [2.24, 2.45) is 0 Å². The smallest absolute Gasteiger partial charge is 0.213 e. The Morgan fingerprint density at radius 2 is 1.90 bits per heavy atom. The second-order valence-corrected chi connectivity index (χ2v) is 4.42. The van der Waals surface area contributed by atoms with Crippen molar-refractivity contribution in [2.75, 3.05) is 7.11 Å². The van der Waals surface area contributed by atoms with Gasteiger partial charge in [-0.1, -0.05) is 24.3 Å². The number of nitrogens with zero attached hydrogens (tertiary/aromatic N) is 2. The van der Waals surface area contributed by atoms with Crippen LogP contribution in [-0.2, 0) is 0 Å². The van der Waals surface area contributed by atoms with E-state index in [9.17, 15) is 5.11 Å². The molecule has 0 bridgehead atoms. The number of hydrogen-bond acceptors (Lipinski definition) is 4. The Balaban J connectivity index is 2.10. The summed E-state index contributed by atoms with van der Waals surface area (Å²) in [7, 11) is 1.56. The first-order valence-electron chi connectivity index (χ1n) is 6.32. The topological polar surface area (TPSA) is 55.2 Å². The van der Waals surface area contributed by atoms with Gasteiger partial charge >= 0.3 is 0 Å². The highest BCUT2D eigenvalue weighted by Gasteiger charge is 2.15. The maximum absolute atomic E-state index is 10.6. The summed E-state index contributed by atoms with van der Waals surface area (Å²) in [6, 6.07) is 14.8. The lowest BCUT2D eigenvalue weighted by atomic mass is 10.0. The third-order valence-corrected chi connectivity index (χ3v) is 3.21. The number of methoxy groups -OCH3 is 1. The van der Waals surface area contributed by atoms with Gasteiger partial charge < -0.3 is 9.84 Å². The molecule has 100 valence electrons. The molecule has 0 aliphatic rings. The summed E-state index contributed by atoms with van der Waals surface area (Å²) in [6.45, 7) is 0. The first kappa shape index (κ1) is 12.6. The minimum absolute atomic E-state index is 0.486. The Hall–Kier alpha value is -2.46. The minimum Gasteiger partial charge on any atom is -0.481 e. The number of ether oxygens (including phenoxy) is 1. The van der Waals surface area contributed by atoms with Gasteiger partial charge in [-0.2, -0.15) is 0 Å². The zero-order valence-corrected chi connectivity index (χ0v) is 11.0. The number of aromatic nitrogens is 2. The molecule has 3 rings (SSSR count). The molecule has 0 saturated heterocycles. The lowest BCUT2D eigenvalue weighted by Gasteiger charge is -2.13. The number of benzene rings is 1. The monoisotopic (exact) mass is 266 g/mol. The number of aliphatic hydroxyl groups excluding tert-OH is 1. The van der Waals surface area contributed by atoms with Crippen LogP contribution in [0.15, 0.2) is 54.7 Å². The third-order valence-electron chi connectivity index (χ3n) is 3.21. The zero-order valence-electron chi connectivity index (χ0n) is 11.0. The van der Waals surface area contributed by atoms with Crippen molar-refractivity contribution in [1.29, 1.82) is 0 Å². The predicted molar refractivity (Wildman–Crippen MR) is 76.6 cm³/mol. The molecule has 4 heteroatoms. The standard InChI is InChI=1S/C16H14N2O2/c1-20-15-9-3-8-14(18-15)16(19)12-5-2-7-13-11(12)6-4-10-17-13/h2-10,16,19H,1H3. The van der Waals surface area contributed by atoms with Crippen LogP contribution < -0.4 is 4.74 Å². The molecule has 1 aromatic carbocycles. The van der Waals surface area contributed by atoms with E-state index in [1.54, 1.807) is 25.4 Å². The molecule has 1 atom stereocenters. The Morgan fingerprint density at radius 3 is 2.75 bits per heavy atom. The number of aliphatic hydroxyl groups is 1. The molecule has 0 amide bonds. The molecule has 20 heavy (non-hydrogen) atoms. The highest BCUT2D eigenvalue weighted by molar-refractivity contribution is 5.82. The summed E-state index contributed by atoms with van der Waals surface area (Å²) in [5.74, 6) is 0.486. The van der Waals surface area contributed by atoms with Gasteiger partial charge in [0.25, 0.3) is 0 Å². The van der Waals surface area contributed by atoms with E-state index in [0.29, 0.717) is 11.6 Å². The van der Waals surface area contributed by atoms with Gasteiger partial charge in [-0.05, 0) is 23.8 Å². The quantitative estimate of drug-likeness (QED) is 0.792. The molecule has 0 radical (unpaired) electrons. The summed E-state index contributed by atoms with van der Waals surface area (Å²) in [5, 5.41) is 11.5. The Kier molecular flexibility index (Phi) is 3.31. The molecule has 2 aromatic heterocycles. The van der Waals surface area contributed by atoms with Crippen LogP contribution in [0.4, 0.5) is 0 Å². The predicted octanol–water partition coefficient (Wildman–Crippen LogP) is 2.72. The van der Waals surface area contributed by atoms with Crippen molar-refractivity contribution >= 4 is 10.9 Å². The van der Waals surface area contributed by atoms with Crippen LogP contribution in [0.25, 0.3) is 10.9 Å². The van der Waals surface area contributed by atoms with Gasteiger partial charge in [0.05, 0.1) is 18.3 Å². The molecule has 0 spiro atoms. The average molecular weight is 266 g/mol. The first-order valence-corrected chi connectivity index (χ1v) is 6.32. The molecule has 1 unspecified atom stereocenters. The van der Waals surface area contributed by atoms with E-state index in [1.165, 1.54) is 0 Å². The second-order valence-electron chi connectivity index (χ2n) is 4.42. The van der Waals surface area contributed by atoms with Crippen LogP contribution in [0, 0.1) is 0 Å². The number of pyridine rings is 2. The van der Waals surface area contributed by atoms with Crippen molar-refractivity contribution < 1.29 is 9.84 Å². The minimum atomic E-state index is -0.807. The Morgan fingerprint density at radius 1 is 1.05 bits per heavy atom. The van der Waals surface area contributed by atoms with Crippen LogP contribution in [0.1, 0.15) is 17.4 Å². The van der Waals surface area contributed by atoms with Crippen molar-refractivity contribution in [1.82, 2.24) is 9.97 Å². The van der Waals surface area contributed by atoms with Crippen LogP contribution in [-0.4, -0.2) is 22.2 Å². The van der Waals surface area contributed by atoms with Gasteiger partial charge in [0.15, 0.2) is 0 Å². The average Bonchev–Trinajstić information content (AvgIpc) is 2.53. The van der Waals surface area contributed by atoms with Gasteiger partial charge in [0, 0.05) is 17.6 Å². The number of hydrogen-bond donors (Lipinski definition) is 1. The fourth-order valence-corrected chi connectivity index (χ4v) is 2.22. The maximum Gasteiger partial charge on any atom is 0.213 e. The van der Waals surface area contributed by atoms with Gasteiger partial charge in [0.2, 0.25) is 5.88 Å². The lowest BCUT2D eigenvalue weighted by molar-refractivity contribution is 0.215. The molecule has 0 saturated carbocycles. The van der Waals surface area contributed by atoms with Gasteiger partial charge in [-0.3, -0.25) is 4.98 Å². The summed E-state index contributed by atoms with van der Waals surface area (Å²) in [5.41, 5.74) is 2.20. The van der Waals surface area contributed by atoms with E-state index in [4.69, 9.17) is 4.74 Å². The lowest BCUT2D eigenvalue weighted by Crippen LogP contribution is -2.04. The van der Waals surface area contributed by atoms with Crippen LogP contribution >= 0.6 is 0 Å². The Bertz CT molecular complexity index is 738. The molecular formula is C16H14N2O2. The van der Waals surface area contributed by atoms with E-state index in [2.05, 4.69) is 9.97 Å². The molecule has 4 nitrogen and oxygen atoms in total. The Labute approximate surface area is 116 Å². The fourth-order valence-electron chi connectivity index (χ4n) is 2.22. The van der Waals surface area contributed by atoms with Crippen molar-refractivity contribution in [3.8, 4) is 5.88 Å². The van der Waals surface area contributed by atoms with E-state index >= 15 is 0 Å². The van der Waals surface area contributed by atoms with Crippen molar-refractivity contribution in [3.63, 3.8) is 0 Å². The van der Waals surface area contributed by atoms with E-state index in [-0.39, 0.29) is 0 Å². The number of rotatable bonds is 3. The maximum atomic E-state index is 10.6. The first-order chi connectivity index (χ1) is 9.79. The second kappa shape index (κ2) is 5.27. The molecule has 0 fully saturated rings. The SMILES string of the molecule is COc1cccc(C(O)c2cccc3ncccc23)n1. The highest BCUT2D eigenvalue weighted by Crippen LogP contribution is 2.27. The fraction of sp³-hybridized carbons (Fsp3) is 0.125. The van der Waals surface area contributed by atoms with E-state index < -0.39 is 6.10 Å². The molecule has 2 heterocycles. The molecular weight excluding hydrogens is 252 g/mol. The molecule has 0 aliphatic carbocycles. The molecule has 1 N–H and O–H groups in total. The zero-order chi connectivity index (χ0) is 13.9. The van der Waals surface area contributed by atoms with Crippen LogP contribution in [0.5, 0.6) is 5.88 Å². The molecule has 0 aliphatic heterocycles. The van der Waals surface area contributed by atoms with Crippen molar-refractivity contribution in [3.05, 3.63) is 66.0 Å². The summed E-state index contributed by atoms with van der Waals surface area (Å²) < 4.78 is 5.09. The normalized spacial score (nSPS) is 12.3. The largest absolute Gasteiger partial charge is 0.481 e. The van der Waals surface area contributed by atoms with Crippen molar-refractivity contribution in [2.45, 2.75) is 6.10 Å². The van der Waals surface area contributed by atoms with Crippen LogP contribution in [0.2, 0.25) is 0 Å². The van der Waals surface area contributed by atoms with Crippen LogP contribution in [0.3, 0.4) is 0 Å². The van der Waals surface area contributed by atoms with Gasteiger partial charge in [-0.25, -0.2) is 4.98 Å². The summed E-state index contributed by atoms with van der Waals surface area (Å²) >= 11 is 0. The molecule has 3 aromatic rings. The van der Waals surface area contributed by atoms with Gasteiger partial charge in [-0.15, -0.1) is 0 Å². The third kappa shape index (κ3) is 2.21. The van der Waals surface area contributed by atoms with E-state index in [0.717, 1.165) is 16.5 Å². The summed E-state index contributed by atoms with van der Waals surface area (Å²) in [4.78, 5) is 8.58. The van der Waals surface area contributed by atoms with Gasteiger partial charge in [0.1, 0.15) is 6.10 Å². The summed E-state index contributed by atoms with van der Waals surface area (Å²) in [6.07, 6.45) is 0.931. The van der Waals surface area contributed by atoms with E-state index in [1.807, 2.05) is 36.4 Å². The number of fused-ring (bicyclic) bond motifs is 1.